The minimum absolute atomic E-state index is 0.112. The fourth-order valence-electron chi connectivity index (χ4n) is 2.22. The SMILES string of the molecule is O=C(Nc1ccc(N=Nc2ccccc2)cc1)NC1C=CS(=O)(=O)C1. The molecule has 2 aromatic rings. The van der Waals surface area contributed by atoms with Crippen molar-refractivity contribution in [2.45, 2.75) is 6.04 Å². The summed E-state index contributed by atoms with van der Waals surface area (Å²) in [6.45, 7) is 0. The van der Waals surface area contributed by atoms with Gasteiger partial charge in [0.15, 0.2) is 9.84 Å². The molecule has 0 fully saturated rings. The van der Waals surface area contributed by atoms with Gasteiger partial charge in [-0.25, -0.2) is 13.2 Å². The van der Waals surface area contributed by atoms with Crippen LogP contribution in [0.5, 0.6) is 0 Å². The molecule has 0 aromatic heterocycles. The maximum atomic E-state index is 11.9. The molecule has 0 bridgehead atoms. The van der Waals surface area contributed by atoms with E-state index in [1.807, 2.05) is 30.3 Å². The Balaban J connectivity index is 1.55. The number of carbonyl (C=O) groups excluding carboxylic acids is 1. The second kappa shape index (κ2) is 7.27. The van der Waals surface area contributed by atoms with Crippen LogP contribution in [-0.4, -0.2) is 26.2 Å². The molecule has 2 N–H and O–H groups in total. The average Bonchev–Trinajstić information content (AvgIpc) is 2.93. The molecule has 1 aliphatic rings. The predicted octanol–water partition coefficient (Wildman–Crippen LogP) is 3.53. The molecule has 1 unspecified atom stereocenters. The van der Waals surface area contributed by atoms with Crippen LogP contribution in [0.1, 0.15) is 0 Å². The van der Waals surface area contributed by atoms with Gasteiger partial charge in [0.25, 0.3) is 0 Å². The summed E-state index contributed by atoms with van der Waals surface area (Å²) in [4.78, 5) is 11.9. The fraction of sp³-hybridized carbons (Fsp3) is 0.118. The molecule has 25 heavy (non-hydrogen) atoms. The van der Waals surface area contributed by atoms with Crippen molar-refractivity contribution in [2.24, 2.45) is 10.2 Å². The first-order valence-corrected chi connectivity index (χ1v) is 9.27. The number of nitrogens with one attached hydrogen (secondary N) is 2. The zero-order valence-corrected chi connectivity index (χ0v) is 14.0. The lowest BCUT2D eigenvalue weighted by Gasteiger charge is -2.11. The van der Waals surface area contributed by atoms with Crippen molar-refractivity contribution in [1.29, 1.82) is 0 Å². The summed E-state index contributed by atoms with van der Waals surface area (Å²) in [5.74, 6) is -0.112. The molecule has 8 heteroatoms. The fourth-order valence-corrected chi connectivity index (χ4v) is 3.46. The zero-order chi connectivity index (χ0) is 17.7. The Labute approximate surface area is 145 Å². The second-order valence-corrected chi connectivity index (χ2v) is 7.38. The first-order chi connectivity index (χ1) is 12.0. The maximum absolute atomic E-state index is 11.9. The van der Waals surface area contributed by atoms with Gasteiger partial charge in [0.1, 0.15) is 0 Å². The number of urea groups is 1. The summed E-state index contributed by atoms with van der Waals surface area (Å²) in [6.07, 6.45) is 1.46. The summed E-state index contributed by atoms with van der Waals surface area (Å²) in [5, 5.41) is 14.6. The molecule has 0 radical (unpaired) electrons. The molecule has 0 saturated heterocycles. The molecule has 0 saturated carbocycles. The van der Waals surface area contributed by atoms with Gasteiger partial charge in [0.05, 0.1) is 23.2 Å². The molecule has 2 amide bonds. The van der Waals surface area contributed by atoms with Gasteiger partial charge in [-0.3, -0.25) is 0 Å². The number of nitrogens with zero attached hydrogens (tertiary/aromatic N) is 2. The van der Waals surface area contributed by atoms with Crippen molar-refractivity contribution in [3.05, 3.63) is 66.1 Å². The van der Waals surface area contributed by atoms with Crippen LogP contribution in [0.3, 0.4) is 0 Å². The summed E-state index contributed by atoms with van der Waals surface area (Å²) in [7, 11) is -3.19. The summed E-state index contributed by atoms with van der Waals surface area (Å²) in [6, 6.07) is 15.2. The van der Waals surface area contributed by atoms with Gasteiger partial charge in [-0.1, -0.05) is 18.2 Å². The first-order valence-electron chi connectivity index (χ1n) is 7.55. The highest BCUT2D eigenvalue weighted by atomic mass is 32.2. The van der Waals surface area contributed by atoms with Gasteiger partial charge < -0.3 is 10.6 Å². The Morgan fingerprint density at radius 2 is 1.60 bits per heavy atom. The van der Waals surface area contributed by atoms with E-state index in [-0.39, 0.29) is 5.75 Å². The van der Waals surface area contributed by atoms with E-state index in [0.717, 1.165) is 11.1 Å². The van der Waals surface area contributed by atoms with Crippen LogP contribution in [0, 0.1) is 0 Å². The number of hydrogen-bond donors (Lipinski definition) is 2. The van der Waals surface area contributed by atoms with E-state index >= 15 is 0 Å². The van der Waals surface area contributed by atoms with Crippen molar-refractivity contribution in [3.8, 4) is 0 Å². The maximum Gasteiger partial charge on any atom is 0.319 e. The van der Waals surface area contributed by atoms with Crippen molar-refractivity contribution in [1.82, 2.24) is 5.32 Å². The van der Waals surface area contributed by atoms with Gasteiger partial charge in [0, 0.05) is 11.1 Å². The lowest BCUT2D eigenvalue weighted by molar-refractivity contribution is 0.251. The molecule has 1 aliphatic heterocycles. The molecular weight excluding hydrogens is 340 g/mol. The van der Waals surface area contributed by atoms with Gasteiger partial charge >= 0.3 is 6.03 Å². The third-order valence-electron chi connectivity index (χ3n) is 3.41. The number of sulfone groups is 1. The number of hydrogen-bond acceptors (Lipinski definition) is 5. The van der Waals surface area contributed by atoms with Crippen LogP contribution in [0.25, 0.3) is 0 Å². The van der Waals surface area contributed by atoms with Crippen LogP contribution in [-0.2, 0) is 9.84 Å². The minimum Gasteiger partial charge on any atom is -0.331 e. The molecule has 3 rings (SSSR count). The molecule has 1 atom stereocenters. The predicted molar refractivity (Wildman–Crippen MR) is 95.9 cm³/mol. The number of amides is 2. The Morgan fingerprint density at radius 3 is 2.20 bits per heavy atom. The molecule has 1 heterocycles. The van der Waals surface area contributed by atoms with E-state index in [1.54, 1.807) is 24.3 Å². The standard InChI is InChI=1S/C17H16N4O3S/c22-17(19-16-10-11-25(23,24)12-16)18-13-6-8-15(9-7-13)21-20-14-4-2-1-3-5-14/h1-11,16H,12H2,(H2,18,19,22). The Bertz CT molecular complexity index is 907. The summed E-state index contributed by atoms with van der Waals surface area (Å²) in [5.41, 5.74) is 1.98. The third-order valence-corrected chi connectivity index (χ3v) is 4.80. The molecule has 0 aliphatic carbocycles. The molecule has 128 valence electrons. The summed E-state index contributed by atoms with van der Waals surface area (Å²) < 4.78 is 22.6. The quantitative estimate of drug-likeness (QED) is 0.820. The van der Waals surface area contributed by atoms with Crippen LogP contribution in [0.15, 0.2) is 76.3 Å². The highest BCUT2D eigenvalue weighted by Crippen LogP contribution is 2.20. The van der Waals surface area contributed by atoms with Crippen molar-refractivity contribution < 1.29 is 13.2 Å². The average molecular weight is 356 g/mol. The first kappa shape index (κ1) is 16.8. The third kappa shape index (κ3) is 4.98. The van der Waals surface area contributed by atoms with E-state index in [2.05, 4.69) is 20.9 Å². The van der Waals surface area contributed by atoms with Crippen molar-refractivity contribution in [2.75, 3.05) is 11.1 Å². The van der Waals surface area contributed by atoms with Crippen LogP contribution in [0.4, 0.5) is 21.9 Å². The lowest BCUT2D eigenvalue weighted by atomic mass is 10.3. The van der Waals surface area contributed by atoms with E-state index in [1.165, 1.54) is 6.08 Å². The van der Waals surface area contributed by atoms with Gasteiger partial charge in [-0.15, -0.1) is 0 Å². The van der Waals surface area contributed by atoms with E-state index in [0.29, 0.717) is 11.4 Å². The monoisotopic (exact) mass is 356 g/mol. The number of carbonyl (C=O) groups is 1. The highest BCUT2D eigenvalue weighted by Gasteiger charge is 2.22. The van der Waals surface area contributed by atoms with E-state index < -0.39 is 21.9 Å². The number of benzene rings is 2. The molecule has 7 nitrogen and oxygen atoms in total. The largest absolute Gasteiger partial charge is 0.331 e. The topological polar surface area (TPSA) is 100.0 Å². The number of rotatable bonds is 4. The van der Waals surface area contributed by atoms with Crippen LogP contribution < -0.4 is 10.6 Å². The Hall–Kier alpha value is -3.00. The minimum atomic E-state index is -3.19. The van der Waals surface area contributed by atoms with Crippen molar-refractivity contribution in [3.63, 3.8) is 0 Å². The number of anilines is 1. The normalized spacial score (nSPS) is 18.3. The van der Waals surface area contributed by atoms with Gasteiger partial charge in [-0.05, 0) is 42.5 Å². The molecule has 2 aromatic carbocycles. The highest BCUT2D eigenvalue weighted by molar-refractivity contribution is 7.94. The van der Waals surface area contributed by atoms with Crippen molar-refractivity contribution >= 4 is 32.9 Å². The van der Waals surface area contributed by atoms with Gasteiger partial charge in [-0.2, -0.15) is 10.2 Å². The molecular formula is C17H16N4O3S. The Morgan fingerprint density at radius 1 is 0.960 bits per heavy atom. The van der Waals surface area contributed by atoms with Crippen LogP contribution in [0.2, 0.25) is 0 Å². The summed E-state index contributed by atoms with van der Waals surface area (Å²) >= 11 is 0. The smallest absolute Gasteiger partial charge is 0.319 e. The number of azo groups is 1. The second-order valence-electron chi connectivity index (χ2n) is 5.45. The van der Waals surface area contributed by atoms with E-state index in [4.69, 9.17) is 0 Å². The molecule has 0 spiro atoms. The lowest BCUT2D eigenvalue weighted by Crippen LogP contribution is -2.38. The Kier molecular flexibility index (Phi) is 4.90. The zero-order valence-electron chi connectivity index (χ0n) is 13.2. The van der Waals surface area contributed by atoms with Gasteiger partial charge in [0.2, 0.25) is 0 Å². The van der Waals surface area contributed by atoms with E-state index in [9.17, 15) is 13.2 Å². The van der Waals surface area contributed by atoms with Crippen LogP contribution >= 0.6 is 0 Å².